The Morgan fingerprint density at radius 1 is 1.58 bits per heavy atom. The molecule has 0 saturated carbocycles. The molecule has 0 aliphatic rings. The van der Waals surface area contributed by atoms with E-state index in [0.29, 0.717) is 0 Å². The number of carboxylic acid groups (broad SMARTS) is 1. The lowest BCUT2D eigenvalue weighted by Gasteiger charge is -2.17. The van der Waals surface area contributed by atoms with Gasteiger partial charge in [0.1, 0.15) is 6.04 Å². The maximum atomic E-state index is 10.5. The highest BCUT2D eigenvalue weighted by Crippen LogP contribution is 2.18. The molecule has 0 radical (unpaired) electrons. The first-order chi connectivity index (χ1) is 5.63. The van der Waals surface area contributed by atoms with Gasteiger partial charge < -0.3 is 10.8 Å². The largest absolute Gasteiger partial charge is 0.480 e. The Balaban J connectivity index is 3.87. The molecule has 0 spiro atoms. The lowest BCUT2D eigenvalue weighted by molar-refractivity contribution is -0.138. The summed E-state index contributed by atoms with van der Waals surface area (Å²) in [4.78, 5) is 10.5. The standard InChI is InChI=1S/C8H17NO2S/c1-3-5-12-6(4-2)7(9)8(10)11/h6-7H,3-5,9H2,1-2H3,(H,10,11). The third kappa shape index (κ3) is 3.97. The highest BCUT2D eigenvalue weighted by atomic mass is 32.2. The molecule has 3 N–H and O–H groups in total. The van der Waals surface area contributed by atoms with Crippen molar-refractivity contribution in [2.45, 2.75) is 38.0 Å². The highest BCUT2D eigenvalue weighted by Gasteiger charge is 2.22. The number of carbonyl (C=O) groups is 1. The molecule has 2 atom stereocenters. The molecule has 0 rings (SSSR count). The fourth-order valence-corrected chi connectivity index (χ4v) is 2.00. The van der Waals surface area contributed by atoms with Crippen LogP contribution in [0.25, 0.3) is 0 Å². The average Bonchev–Trinajstić information content (AvgIpc) is 2.05. The Labute approximate surface area is 77.7 Å². The van der Waals surface area contributed by atoms with E-state index in [1.807, 2.05) is 6.92 Å². The van der Waals surface area contributed by atoms with Gasteiger partial charge in [0.25, 0.3) is 0 Å². The zero-order valence-electron chi connectivity index (χ0n) is 7.62. The SMILES string of the molecule is CCCSC(CC)C(N)C(=O)O. The summed E-state index contributed by atoms with van der Waals surface area (Å²) in [6.45, 7) is 4.04. The average molecular weight is 191 g/mol. The monoisotopic (exact) mass is 191 g/mol. The minimum absolute atomic E-state index is 0.0578. The van der Waals surface area contributed by atoms with Crippen molar-refractivity contribution in [1.29, 1.82) is 0 Å². The summed E-state index contributed by atoms with van der Waals surface area (Å²) in [5.74, 6) is 0.0879. The number of rotatable bonds is 6. The lowest BCUT2D eigenvalue weighted by atomic mass is 10.2. The molecule has 0 aromatic carbocycles. The number of carboxylic acids is 1. The second-order valence-electron chi connectivity index (χ2n) is 2.68. The van der Waals surface area contributed by atoms with Crippen LogP contribution in [0.5, 0.6) is 0 Å². The summed E-state index contributed by atoms with van der Waals surface area (Å²) in [5.41, 5.74) is 5.49. The van der Waals surface area contributed by atoms with Crippen LogP contribution in [0, 0.1) is 0 Å². The number of hydrogen-bond acceptors (Lipinski definition) is 3. The first-order valence-corrected chi connectivity index (χ1v) is 5.28. The molecule has 0 heterocycles. The van der Waals surface area contributed by atoms with Gasteiger partial charge >= 0.3 is 5.97 Å². The molecule has 0 aliphatic carbocycles. The molecule has 0 aromatic rings. The quantitative estimate of drug-likeness (QED) is 0.664. The van der Waals surface area contributed by atoms with Crippen molar-refractivity contribution < 1.29 is 9.90 Å². The Bertz CT molecular complexity index is 141. The number of thioether (sulfide) groups is 1. The van der Waals surface area contributed by atoms with Crippen molar-refractivity contribution in [1.82, 2.24) is 0 Å². The van der Waals surface area contributed by atoms with E-state index < -0.39 is 12.0 Å². The van der Waals surface area contributed by atoms with Crippen LogP contribution in [0.1, 0.15) is 26.7 Å². The van der Waals surface area contributed by atoms with E-state index in [9.17, 15) is 4.79 Å². The van der Waals surface area contributed by atoms with E-state index >= 15 is 0 Å². The molecule has 12 heavy (non-hydrogen) atoms. The maximum Gasteiger partial charge on any atom is 0.321 e. The summed E-state index contributed by atoms with van der Waals surface area (Å²) in [5, 5.41) is 8.70. The van der Waals surface area contributed by atoms with Crippen LogP contribution in [0.3, 0.4) is 0 Å². The first kappa shape index (κ1) is 11.8. The molecule has 72 valence electrons. The van der Waals surface area contributed by atoms with Crippen LogP contribution in [0.4, 0.5) is 0 Å². The molecule has 0 saturated heterocycles. The van der Waals surface area contributed by atoms with E-state index in [1.54, 1.807) is 11.8 Å². The zero-order valence-corrected chi connectivity index (χ0v) is 8.43. The highest BCUT2D eigenvalue weighted by molar-refractivity contribution is 7.99. The molecule has 0 aromatic heterocycles. The fraction of sp³-hybridized carbons (Fsp3) is 0.875. The van der Waals surface area contributed by atoms with Gasteiger partial charge in [-0.05, 0) is 18.6 Å². The van der Waals surface area contributed by atoms with Gasteiger partial charge in [-0.25, -0.2) is 0 Å². The summed E-state index contributed by atoms with van der Waals surface area (Å²) in [6, 6.07) is -0.716. The molecular formula is C8H17NO2S. The van der Waals surface area contributed by atoms with Crippen molar-refractivity contribution in [3.8, 4) is 0 Å². The first-order valence-electron chi connectivity index (χ1n) is 4.23. The molecule has 2 unspecified atom stereocenters. The van der Waals surface area contributed by atoms with Crippen LogP contribution >= 0.6 is 11.8 Å². The van der Waals surface area contributed by atoms with E-state index in [4.69, 9.17) is 10.8 Å². The van der Waals surface area contributed by atoms with Crippen LogP contribution < -0.4 is 5.73 Å². The van der Waals surface area contributed by atoms with Gasteiger partial charge in [-0.1, -0.05) is 13.8 Å². The predicted molar refractivity (Wildman–Crippen MR) is 52.4 cm³/mol. The predicted octanol–water partition coefficient (Wildman–Crippen LogP) is 1.32. The maximum absolute atomic E-state index is 10.5. The molecule has 3 nitrogen and oxygen atoms in total. The van der Waals surface area contributed by atoms with E-state index in [2.05, 4.69) is 6.92 Å². The van der Waals surface area contributed by atoms with E-state index in [-0.39, 0.29) is 5.25 Å². The second kappa shape index (κ2) is 6.31. The molecule has 0 fully saturated rings. The van der Waals surface area contributed by atoms with Crippen molar-refractivity contribution in [3.63, 3.8) is 0 Å². The van der Waals surface area contributed by atoms with Gasteiger partial charge in [0.15, 0.2) is 0 Å². The van der Waals surface area contributed by atoms with Crippen LogP contribution in [-0.4, -0.2) is 28.1 Å². The van der Waals surface area contributed by atoms with Gasteiger partial charge in [-0.2, -0.15) is 11.8 Å². The number of nitrogens with two attached hydrogens (primary N) is 1. The molecule has 4 heteroatoms. The Morgan fingerprint density at radius 3 is 2.50 bits per heavy atom. The van der Waals surface area contributed by atoms with Crippen molar-refractivity contribution in [2.75, 3.05) is 5.75 Å². The summed E-state index contributed by atoms with van der Waals surface area (Å²) in [6.07, 6.45) is 1.88. The molecule has 0 amide bonds. The molecule has 0 bridgehead atoms. The second-order valence-corrected chi connectivity index (χ2v) is 4.03. The van der Waals surface area contributed by atoms with Crippen molar-refractivity contribution in [2.24, 2.45) is 5.73 Å². The lowest BCUT2D eigenvalue weighted by Crippen LogP contribution is -2.39. The molecular weight excluding hydrogens is 174 g/mol. The Morgan fingerprint density at radius 2 is 2.17 bits per heavy atom. The van der Waals surface area contributed by atoms with E-state index in [1.165, 1.54) is 0 Å². The third-order valence-corrected chi connectivity index (χ3v) is 3.32. The Hall–Kier alpha value is -0.220. The summed E-state index contributed by atoms with van der Waals surface area (Å²) >= 11 is 1.65. The van der Waals surface area contributed by atoms with Crippen LogP contribution in [0.2, 0.25) is 0 Å². The smallest absolute Gasteiger partial charge is 0.321 e. The van der Waals surface area contributed by atoms with Crippen LogP contribution in [0.15, 0.2) is 0 Å². The summed E-state index contributed by atoms with van der Waals surface area (Å²) < 4.78 is 0. The van der Waals surface area contributed by atoms with Gasteiger partial charge in [0.2, 0.25) is 0 Å². The van der Waals surface area contributed by atoms with Gasteiger partial charge in [-0.3, -0.25) is 4.79 Å². The Kier molecular flexibility index (Phi) is 6.20. The topological polar surface area (TPSA) is 63.3 Å². The van der Waals surface area contributed by atoms with Gasteiger partial charge in [-0.15, -0.1) is 0 Å². The zero-order chi connectivity index (χ0) is 9.56. The van der Waals surface area contributed by atoms with Crippen molar-refractivity contribution in [3.05, 3.63) is 0 Å². The number of aliphatic carboxylic acids is 1. The summed E-state index contributed by atoms with van der Waals surface area (Å²) in [7, 11) is 0. The van der Waals surface area contributed by atoms with Crippen molar-refractivity contribution >= 4 is 17.7 Å². The molecule has 0 aliphatic heterocycles. The minimum Gasteiger partial charge on any atom is -0.480 e. The van der Waals surface area contributed by atoms with Gasteiger partial charge in [0, 0.05) is 5.25 Å². The van der Waals surface area contributed by atoms with Crippen LogP contribution in [-0.2, 0) is 4.79 Å². The van der Waals surface area contributed by atoms with E-state index in [0.717, 1.165) is 18.6 Å². The third-order valence-electron chi connectivity index (χ3n) is 1.62. The minimum atomic E-state index is -0.898. The normalized spacial score (nSPS) is 15.6. The number of hydrogen-bond donors (Lipinski definition) is 2. The fourth-order valence-electron chi connectivity index (χ4n) is 0.904. The van der Waals surface area contributed by atoms with Gasteiger partial charge in [0.05, 0.1) is 0 Å².